The van der Waals surface area contributed by atoms with Crippen molar-refractivity contribution < 1.29 is 23.8 Å². The van der Waals surface area contributed by atoms with Gasteiger partial charge in [-0.2, -0.15) is 0 Å². The summed E-state index contributed by atoms with van der Waals surface area (Å²) >= 11 is 4.32. The van der Waals surface area contributed by atoms with Crippen LogP contribution in [0.4, 0.5) is 17.1 Å². The zero-order valence-electron chi connectivity index (χ0n) is 25.0. The van der Waals surface area contributed by atoms with E-state index < -0.39 is 11.6 Å². The van der Waals surface area contributed by atoms with Crippen LogP contribution in [0.15, 0.2) is 77.7 Å². The molecule has 0 saturated heterocycles. The van der Waals surface area contributed by atoms with Gasteiger partial charge in [-0.05, 0) is 67.1 Å². The molecule has 0 aliphatic carbocycles. The molecule has 2 heterocycles. The van der Waals surface area contributed by atoms with E-state index in [0.717, 1.165) is 11.4 Å². The number of carbonyl (C=O) groups excluding carboxylic acids is 2. The van der Waals surface area contributed by atoms with Gasteiger partial charge in [0.05, 0.1) is 12.2 Å². The lowest BCUT2D eigenvalue weighted by Crippen LogP contribution is -2.33. The van der Waals surface area contributed by atoms with Crippen LogP contribution in [0.1, 0.15) is 43.8 Å². The van der Waals surface area contributed by atoms with Crippen LogP contribution < -0.4 is 30.3 Å². The summed E-state index contributed by atoms with van der Waals surface area (Å²) < 4.78 is 18.5. The number of esters is 1. The molecule has 2 aliphatic rings. The van der Waals surface area contributed by atoms with E-state index in [0.29, 0.717) is 75.2 Å². The minimum Gasteiger partial charge on any atom is -0.493 e. The first-order valence-electron chi connectivity index (χ1n) is 14.3. The minimum absolute atomic E-state index is 0.258. The van der Waals surface area contributed by atoms with E-state index in [9.17, 15) is 9.59 Å². The number of anilines is 3. The van der Waals surface area contributed by atoms with Crippen molar-refractivity contribution in [3.8, 4) is 17.2 Å². The van der Waals surface area contributed by atoms with Crippen LogP contribution in [-0.2, 0) is 10.3 Å². The molecule has 4 aromatic carbocycles. The van der Waals surface area contributed by atoms with Crippen molar-refractivity contribution in [1.29, 1.82) is 0 Å². The Morgan fingerprint density at radius 3 is 2.16 bits per heavy atom. The predicted molar refractivity (Wildman–Crippen MR) is 174 cm³/mol. The monoisotopic (exact) mass is 610 g/mol. The summed E-state index contributed by atoms with van der Waals surface area (Å²) in [5, 5.41) is 2.96. The molecule has 6 rings (SSSR count). The lowest BCUT2D eigenvalue weighted by Gasteiger charge is -2.37. The number of amides is 1. The largest absolute Gasteiger partial charge is 0.493 e. The van der Waals surface area contributed by atoms with Gasteiger partial charge in [-0.1, -0.05) is 0 Å². The van der Waals surface area contributed by atoms with Gasteiger partial charge in [0, 0.05) is 91.1 Å². The molecule has 9 nitrogen and oxygen atoms in total. The number of hydrogen-bond donors (Lipinski definition) is 3. The van der Waals surface area contributed by atoms with Gasteiger partial charge in [-0.3, -0.25) is 4.79 Å². The average molecular weight is 611 g/mol. The maximum atomic E-state index is 13.4. The van der Waals surface area contributed by atoms with Crippen LogP contribution in [0.5, 0.6) is 17.2 Å². The molecule has 0 saturated carbocycles. The molecule has 0 bridgehead atoms. The van der Waals surface area contributed by atoms with Crippen LogP contribution in [0.3, 0.4) is 0 Å². The second kappa shape index (κ2) is 11.3. The summed E-state index contributed by atoms with van der Waals surface area (Å²) in [6.45, 7) is 0.809. The van der Waals surface area contributed by atoms with E-state index >= 15 is 0 Å². The van der Waals surface area contributed by atoms with E-state index in [1.54, 1.807) is 36.4 Å². The van der Waals surface area contributed by atoms with Crippen molar-refractivity contribution in [2.75, 3.05) is 56.9 Å². The fourth-order valence-electron chi connectivity index (χ4n) is 5.58. The third-order valence-electron chi connectivity index (χ3n) is 7.95. The lowest BCUT2D eigenvalue weighted by atomic mass is 9.77. The number of nitrogens with one attached hydrogen (secondary N) is 1. The number of nitrogens with zero attached hydrogens (tertiary/aromatic N) is 2. The number of carbonyl (C=O) groups is 2. The van der Waals surface area contributed by atoms with Crippen molar-refractivity contribution in [1.82, 2.24) is 5.32 Å². The van der Waals surface area contributed by atoms with Crippen molar-refractivity contribution in [3.05, 3.63) is 101 Å². The van der Waals surface area contributed by atoms with Gasteiger partial charge in [0.15, 0.2) is 5.60 Å². The highest BCUT2D eigenvalue weighted by Crippen LogP contribution is 2.57. The molecular formula is C34H34N4O5S. The summed E-state index contributed by atoms with van der Waals surface area (Å²) in [6.07, 6.45) is 0.592. The summed E-state index contributed by atoms with van der Waals surface area (Å²) in [5.74, 6) is 1.12. The fraction of sp³-hybridized carbons (Fsp3) is 0.235. The number of nitrogens with two attached hydrogens (primary N) is 1. The molecule has 0 atom stereocenters. The highest BCUT2D eigenvalue weighted by molar-refractivity contribution is 7.80. The number of fused-ring (bicyclic) bond motifs is 6. The second-order valence-corrected chi connectivity index (χ2v) is 11.7. The minimum atomic E-state index is -1.28. The summed E-state index contributed by atoms with van der Waals surface area (Å²) in [5.41, 5.74) is 9.82. The molecule has 0 unspecified atom stereocenters. The lowest BCUT2D eigenvalue weighted by molar-refractivity contribution is 0.0224. The van der Waals surface area contributed by atoms with Crippen molar-refractivity contribution in [2.45, 2.75) is 16.9 Å². The van der Waals surface area contributed by atoms with Crippen LogP contribution in [0, 0.1) is 0 Å². The number of hydrogen-bond acceptors (Lipinski definition) is 9. The first kappa shape index (κ1) is 29.3. The normalized spacial score (nSPS) is 13.7. The Labute approximate surface area is 261 Å². The number of benzene rings is 4. The molecule has 0 radical (unpaired) electrons. The smallest absolute Gasteiger partial charge is 0.340 e. The fourth-order valence-corrected chi connectivity index (χ4v) is 5.78. The summed E-state index contributed by atoms with van der Waals surface area (Å²) in [7, 11) is 7.82. The Bertz CT molecular complexity index is 1730. The third-order valence-corrected chi connectivity index (χ3v) is 8.33. The van der Waals surface area contributed by atoms with E-state index in [4.69, 9.17) is 19.9 Å². The van der Waals surface area contributed by atoms with Crippen molar-refractivity contribution in [3.63, 3.8) is 0 Å². The zero-order chi connectivity index (χ0) is 31.2. The molecule has 226 valence electrons. The molecule has 44 heavy (non-hydrogen) atoms. The van der Waals surface area contributed by atoms with Crippen LogP contribution in [0.25, 0.3) is 0 Å². The maximum absolute atomic E-state index is 13.4. The first-order valence-corrected chi connectivity index (χ1v) is 14.7. The Balaban J connectivity index is 1.30. The Morgan fingerprint density at radius 2 is 1.55 bits per heavy atom. The third kappa shape index (κ3) is 5.05. The molecule has 10 heteroatoms. The number of rotatable bonds is 8. The van der Waals surface area contributed by atoms with Crippen LogP contribution in [0.2, 0.25) is 0 Å². The molecule has 3 N–H and O–H groups in total. The topological polar surface area (TPSA) is 106 Å². The van der Waals surface area contributed by atoms with E-state index in [-0.39, 0.29) is 5.91 Å². The van der Waals surface area contributed by atoms with Crippen molar-refractivity contribution >= 4 is 41.6 Å². The zero-order valence-corrected chi connectivity index (χ0v) is 25.9. The molecule has 0 fully saturated rings. The predicted octanol–water partition coefficient (Wildman–Crippen LogP) is 5.46. The van der Waals surface area contributed by atoms with Gasteiger partial charge in [0.1, 0.15) is 17.2 Å². The van der Waals surface area contributed by atoms with Gasteiger partial charge in [-0.15, -0.1) is 12.6 Å². The summed E-state index contributed by atoms with van der Waals surface area (Å²) in [6, 6.07) is 22.0. The van der Waals surface area contributed by atoms with Crippen molar-refractivity contribution in [2.24, 2.45) is 0 Å². The van der Waals surface area contributed by atoms with E-state index in [2.05, 4.69) is 17.9 Å². The number of nitrogen functional groups attached to an aromatic ring is 1. The van der Waals surface area contributed by atoms with E-state index in [1.165, 1.54) is 0 Å². The van der Waals surface area contributed by atoms with Gasteiger partial charge < -0.3 is 35.1 Å². The molecule has 4 aromatic rings. The van der Waals surface area contributed by atoms with Gasteiger partial charge in [-0.25, -0.2) is 4.79 Å². The number of ether oxygens (including phenoxy) is 3. The van der Waals surface area contributed by atoms with Gasteiger partial charge >= 0.3 is 5.97 Å². The van der Waals surface area contributed by atoms with Crippen LogP contribution in [-0.4, -0.2) is 53.2 Å². The highest BCUT2D eigenvalue weighted by atomic mass is 32.1. The molecule has 1 amide bonds. The SMILES string of the molecule is CN(C)c1ccc2c(c1)Oc1cc(N(C)C)ccc1C21OC(=O)c2ccc(C(=O)NCCCOc3ccc(N)c(S)c3)cc21. The Morgan fingerprint density at radius 1 is 0.886 bits per heavy atom. The second-order valence-electron chi connectivity index (χ2n) is 11.3. The average Bonchev–Trinajstić information content (AvgIpc) is 3.29. The van der Waals surface area contributed by atoms with E-state index in [1.807, 2.05) is 74.4 Å². The first-order chi connectivity index (χ1) is 21.1. The highest BCUT2D eigenvalue weighted by Gasteiger charge is 2.54. The Hall–Kier alpha value is -4.83. The summed E-state index contributed by atoms with van der Waals surface area (Å²) in [4.78, 5) is 31.3. The number of thiol groups is 1. The molecule has 1 spiro atoms. The quantitative estimate of drug-likeness (QED) is 0.105. The maximum Gasteiger partial charge on any atom is 0.340 e. The standard InChI is InChI=1S/C34H34N4O5S/c1-37(2)21-7-11-25-29(17-21)42-30-18-22(38(3)4)8-12-26(30)34(25)27-16-20(6-10-24(27)33(40)43-34)32(39)36-14-5-15-41-23-9-13-28(35)31(44)19-23/h6-13,16-19,44H,5,14-15,35H2,1-4H3,(H,36,39). The molecule has 2 aliphatic heterocycles. The molecular weight excluding hydrogens is 576 g/mol. The van der Waals surface area contributed by atoms with Crippen LogP contribution >= 0.6 is 12.6 Å². The molecule has 0 aromatic heterocycles. The Kier molecular flexibility index (Phi) is 7.54. The van der Waals surface area contributed by atoms with Gasteiger partial charge in [0.2, 0.25) is 0 Å². The van der Waals surface area contributed by atoms with Gasteiger partial charge in [0.25, 0.3) is 5.91 Å².